The van der Waals surface area contributed by atoms with Crippen LogP contribution in [0.1, 0.15) is 52.7 Å². The molecule has 3 nitrogen and oxygen atoms in total. The number of hydrogen-bond acceptors (Lipinski definition) is 3. The molecule has 0 aliphatic heterocycles. The zero-order valence-electron chi connectivity index (χ0n) is 38.3. The van der Waals surface area contributed by atoms with E-state index in [0.29, 0.717) is 0 Å². The Morgan fingerprint density at radius 1 is 0.470 bits per heavy atom. The van der Waals surface area contributed by atoms with E-state index in [1.807, 2.05) is 103 Å². The molecule has 9 rings (SSSR count). The molecule has 8 aromatic carbocycles. The standard InChI is InChI=1S/C43H40NOP.C18H14N.Au/c1-42(2,3)36-21-17-31(18-22-36)33-27-34(29-35(28-33)41-26-23-37(30-44-41)43(4,5)6)32-19-24-40(25-20-32)46(45,38-13-9-7-10-14-38)39-15-11-8-12-16-39;1-4-10-16(11-5-1)19(17-12-6-2-7-13-17)18-14-8-3-9-15-18;/h7-17,19-27,29-30H,1-6H3;1-2,4-15H;/q-2;-1;+3. The monoisotopic (exact) mass is 1060 g/mol. The summed E-state index contributed by atoms with van der Waals surface area (Å²) < 4.78 is 14.9. The van der Waals surface area contributed by atoms with Gasteiger partial charge < -0.3 is 9.46 Å². The molecule has 0 radical (unpaired) electrons. The molecule has 0 aliphatic carbocycles. The molecule has 9 aromatic rings. The number of anilines is 3. The first-order valence-electron chi connectivity index (χ1n) is 22.1. The van der Waals surface area contributed by atoms with E-state index in [1.54, 1.807) is 0 Å². The molecule has 5 heteroatoms. The van der Waals surface area contributed by atoms with Crippen LogP contribution >= 0.6 is 7.14 Å². The Hall–Kier alpha value is -6.32. The van der Waals surface area contributed by atoms with Crippen molar-refractivity contribution in [1.82, 2.24) is 4.98 Å². The van der Waals surface area contributed by atoms with Crippen LogP contribution in [-0.4, -0.2) is 4.98 Å². The van der Waals surface area contributed by atoms with Gasteiger partial charge in [-0.3, -0.25) is 4.98 Å². The van der Waals surface area contributed by atoms with Crippen molar-refractivity contribution in [1.29, 1.82) is 0 Å². The fourth-order valence-corrected chi connectivity index (χ4v) is 10.4. The Kier molecular flexibility index (Phi) is 15.1. The first-order valence-corrected chi connectivity index (χ1v) is 23.8. The molecule has 0 unspecified atom stereocenters. The number of rotatable bonds is 9. The van der Waals surface area contributed by atoms with Crippen molar-refractivity contribution in [3.05, 3.63) is 248 Å². The maximum Gasteiger partial charge on any atom is 3.00 e. The summed E-state index contributed by atoms with van der Waals surface area (Å²) in [5, 5.41) is 2.46. The predicted octanol–water partition coefficient (Wildman–Crippen LogP) is 14.9. The summed E-state index contributed by atoms with van der Waals surface area (Å²) in [5.74, 6) is 0. The van der Waals surface area contributed by atoms with E-state index >= 15 is 0 Å². The average molecular weight is 1060 g/mol. The van der Waals surface area contributed by atoms with Gasteiger partial charge in [-0.15, -0.1) is 35.4 Å². The number of benzene rings is 8. The first-order chi connectivity index (χ1) is 31.4. The summed E-state index contributed by atoms with van der Waals surface area (Å²) in [7, 11) is -3.06. The number of aromatic nitrogens is 1. The van der Waals surface area contributed by atoms with Crippen LogP contribution in [-0.2, 0) is 37.8 Å². The number of nitrogens with zero attached hydrogens (tertiary/aromatic N) is 2. The van der Waals surface area contributed by atoms with Gasteiger partial charge in [-0.2, -0.15) is 54.1 Å². The van der Waals surface area contributed by atoms with Crippen LogP contribution in [0.15, 0.2) is 219 Å². The molecule has 0 fully saturated rings. The van der Waals surface area contributed by atoms with Crippen LogP contribution in [0.5, 0.6) is 0 Å². The second-order valence-corrected chi connectivity index (χ2v) is 21.0. The minimum Gasteiger partial charge on any atom is -0.334 e. The largest absolute Gasteiger partial charge is 3.00 e. The van der Waals surface area contributed by atoms with Gasteiger partial charge in [0.25, 0.3) is 0 Å². The summed E-state index contributed by atoms with van der Waals surface area (Å²) >= 11 is 0. The molecular weight excluding hydrogens is 1000 g/mol. The second-order valence-electron chi connectivity index (χ2n) is 18.2. The SMILES string of the molecule is CC(C)(C)c1c[c-]c(-c2[c-]c(-c3ccc(C(C)(C)C)cn3)cc(-c3ccc(P(=O)(c4ccccc4)c4ccccc4)cc3)c2)cc1.[Au+3].[c-]1ccc(N(c2ccccc2)c2ccccc2)cc1. The van der Waals surface area contributed by atoms with E-state index in [0.717, 1.165) is 66.5 Å². The van der Waals surface area contributed by atoms with Gasteiger partial charge in [0.05, 0.1) is 0 Å². The van der Waals surface area contributed by atoms with Crippen molar-refractivity contribution < 1.29 is 26.9 Å². The smallest absolute Gasteiger partial charge is 0.334 e. The second kappa shape index (κ2) is 20.9. The van der Waals surface area contributed by atoms with Crippen LogP contribution in [0.4, 0.5) is 17.1 Å². The van der Waals surface area contributed by atoms with Gasteiger partial charge in [0, 0.05) is 39.2 Å². The first kappa shape index (κ1) is 47.6. The molecule has 0 saturated heterocycles. The average Bonchev–Trinajstić information content (AvgIpc) is 3.35. The van der Waals surface area contributed by atoms with Gasteiger partial charge >= 0.3 is 22.4 Å². The van der Waals surface area contributed by atoms with Crippen LogP contribution in [0.25, 0.3) is 33.5 Å². The summed E-state index contributed by atoms with van der Waals surface area (Å²) in [4.78, 5) is 7.10. The van der Waals surface area contributed by atoms with Crippen molar-refractivity contribution in [3.63, 3.8) is 0 Å². The molecule has 0 spiro atoms. The predicted molar refractivity (Wildman–Crippen MR) is 275 cm³/mol. The minimum atomic E-state index is -3.06. The fraction of sp³-hybridized carbons (Fsp3) is 0.131. The molecule has 0 N–H and O–H groups in total. The van der Waals surface area contributed by atoms with E-state index in [2.05, 4.69) is 180 Å². The van der Waals surface area contributed by atoms with Crippen LogP contribution in [0, 0.1) is 18.2 Å². The van der Waals surface area contributed by atoms with Crippen molar-refractivity contribution >= 4 is 40.1 Å². The third-order valence-corrected chi connectivity index (χ3v) is 14.6. The van der Waals surface area contributed by atoms with E-state index < -0.39 is 7.14 Å². The Labute approximate surface area is 408 Å². The molecule has 0 bridgehead atoms. The molecule has 330 valence electrons. The summed E-state index contributed by atoms with van der Waals surface area (Å²) in [5.41, 5.74) is 11.7. The molecule has 66 heavy (non-hydrogen) atoms. The third kappa shape index (κ3) is 11.0. The van der Waals surface area contributed by atoms with E-state index in [1.165, 1.54) is 11.1 Å². The van der Waals surface area contributed by atoms with Crippen molar-refractivity contribution in [2.45, 2.75) is 52.4 Å². The summed E-state index contributed by atoms with van der Waals surface area (Å²) in [6, 6.07) is 81.8. The maximum absolute atomic E-state index is 14.9. The normalized spacial score (nSPS) is 11.4. The minimum absolute atomic E-state index is 0. The molecular formula is C61H54AuN2OP. The van der Waals surface area contributed by atoms with Crippen LogP contribution in [0.2, 0.25) is 0 Å². The Morgan fingerprint density at radius 3 is 1.41 bits per heavy atom. The molecule has 0 amide bonds. The number of pyridine rings is 1. The third-order valence-electron chi connectivity index (χ3n) is 11.5. The van der Waals surface area contributed by atoms with Gasteiger partial charge in [-0.05, 0) is 46.2 Å². The molecule has 0 atom stereocenters. The topological polar surface area (TPSA) is 33.2 Å². The van der Waals surface area contributed by atoms with E-state index in [-0.39, 0.29) is 33.2 Å². The molecule has 0 saturated carbocycles. The van der Waals surface area contributed by atoms with Crippen molar-refractivity contribution in [3.8, 4) is 33.5 Å². The number of para-hydroxylation sites is 2. The Morgan fingerprint density at radius 2 is 0.939 bits per heavy atom. The van der Waals surface area contributed by atoms with Gasteiger partial charge in [0.2, 0.25) is 0 Å². The molecule has 0 aliphatic rings. The van der Waals surface area contributed by atoms with E-state index in [9.17, 15) is 4.57 Å². The van der Waals surface area contributed by atoms with E-state index in [4.69, 9.17) is 4.98 Å². The van der Waals surface area contributed by atoms with Gasteiger partial charge in [-0.1, -0.05) is 186 Å². The zero-order valence-corrected chi connectivity index (χ0v) is 41.4. The van der Waals surface area contributed by atoms with Gasteiger partial charge in [-0.25, -0.2) is 5.56 Å². The van der Waals surface area contributed by atoms with Gasteiger partial charge in [0.15, 0.2) is 7.14 Å². The number of hydrogen-bond donors (Lipinski definition) is 0. The zero-order chi connectivity index (χ0) is 45.4. The van der Waals surface area contributed by atoms with Crippen molar-refractivity contribution in [2.75, 3.05) is 4.90 Å². The fourth-order valence-electron chi connectivity index (χ4n) is 7.79. The summed E-state index contributed by atoms with van der Waals surface area (Å²) in [6.45, 7) is 13.2. The van der Waals surface area contributed by atoms with Crippen LogP contribution in [0.3, 0.4) is 0 Å². The quantitative estimate of drug-likeness (QED) is 0.0820. The van der Waals surface area contributed by atoms with Crippen LogP contribution < -0.4 is 20.8 Å². The van der Waals surface area contributed by atoms with Crippen molar-refractivity contribution in [2.24, 2.45) is 0 Å². The molecule has 1 aromatic heterocycles. The Balaban J connectivity index is 0.000000270. The maximum atomic E-state index is 14.9. The summed E-state index contributed by atoms with van der Waals surface area (Å²) in [6.07, 6.45) is 1.97. The Bertz CT molecular complexity index is 2750. The molecule has 1 heterocycles. The van der Waals surface area contributed by atoms with Gasteiger partial charge in [0.1, 0.15) is 0 Å².